The van der Waals surface area contributed by atoms with Gasteiger partial charge < -0.3 is 4.42 Å². The Kier molecular flexibility index (Phi) is 5.51. The number of rotatable bonds is 5. The molecule has 120 valence electrons. The molecule has 6 heteroatoms. The zero-order chi connectivity index (χ0) is 16.8. The van der Waals surface area contributed by atoms with Crippen LogP contribution in [-0.2, 0) is 0 Å². The van der Waals surface area contributed by atoms with E-state index in [2.05, 4.69) is 26.5 Å². The van der Waals surface area contributed by atoms with E-state index >= 15 is 0 Å². The summed E-state index contributed by atoms with van der Waals surface area (Å²) in [6.45, 7) is 0. The number of amides is 1. The van der Waals surface area contributed by atoms with Gasteiger partial charge in [-0.3, -0.25) is 4.79 Å². The molecule has 0 saturated heterocycles. The Labute approximate surface area is 152 Å². The van der Waals surface area contributed by atoms with E-state index in [4.69, 9.17) is 4.42 Å². The average Bonchev–Trinajstić information content (AvgIpc) is 2.96. The number of hydrogen-bond donors (Lipinski definition) is 1. The monoisotopic (exact) mass is 400 g/mol. The quantitative estimate of drug-likeness (QED) is 0.486. The minimum Gasteiger partial charge on any atom is -0.447 e. The maximum absolute atomic E-state index is 11.9. The summed E-state index contributed by atoms with van der Waals surface area (Å²) < 4.78 is 6.56. The first-order chi connectivity index (χ1) is 11.7. The summed E-state index contributed by atoms with van der Waals surface area (Å²) in [6, 6.07) is 20.6. The predicted octanol–water partition coefficient (Wildman–Crippen LogP) is 4.96. The van der Waals surface area contributed by atoms with Crippen LogP contribution in [0.1, 0.15) is 16.1 Å². The lowest BCUT2D eigenvalue weighted by molar-refractivity contribution is 0.0955. The van der Waals surface area contributed by atoms with Gasteiger partial charge in [0.15, 0.2) is 5.09 Å². The zero-order valence-electron chi connectivity index (χ0n) is 12.5. The molecule has 3 aromatic rings. The number of furan rings is 1. The van der Waals surface area contributed by atoms with Crippen molar-refractivity contribution in [1.82, 2.24) is 5.43 Å². The highest BCUT2D eigenvalue weighted by Gasteiger charge is 2.09. The Morgan fingerprint density at radius 3 is 2.46 bits per heavy atom. The number of carbonyl (C=O) groups is 1. The fourth-order valence-corrected chi connectivity index (χ4v) is 3.26. The van der Waals surface area contributed by atoms with Crippen LogP contribution in [0.2, 0.25) is 0 Å². The van der Waals surface area contributed by atoms with Crippen LogP contribution >= 0.6 is 27.7 Å². The van der Waals surface area contributed by atoms with Gasteiger partial charge in [-0.15, -0.1) is 0 Å². The number of benzene rings is 2. The van der Waals surface area contributed by atoms with E-state index < -0.39 is 0 Å². The molecule has 0 aliphatic heterocycles. The van der Waals surface area contributed by atoms with E-state index in [1.165, 1.54) is 18.0 Å². The number of hydrogen-bond acceptors (Lipinski definition) is 4. The van der Waals surface area contributed by atoms with Gasteiger partial charge in [-0.05, 0) is 40.2 Å². The van der Waals surface area contributed by atoms with Crippen LogP contribution in [0.5, 0.6) is 0 Å². The lowest BCUT2D eigenvalue weighted by atomic mass is 10.2. The van der Waals surface area contributed by atoms with E-state index in [0.717, 1.165) is 14.5 Å². The molecule has 0 aliphatic carbocycles. The smallest absolute Gasteiger partial charge is 0.271 e. The van der Waals surface area contributed by atoms with Crippen molar-refractivity contribution in [3.05, 3.63) is 82.5 Å². The Morgan fingerprint density at radius 1 is 1.08 bits per heavy atom. The summed E-state index contributed by atoms with van der Waals surface area (Å²) in [5.74, 6) is 0.282. The van der Waals surface area contributed by atoms with Crippen LogP contribution in [0, 0.1) is 0 Å². The molecule has 2 aromatic carbocycles. The van der Waals surface area contributed by atoms with Crippen molar-refractivity contribution in [3.63, 3.8) is 0 Å². The summed E-state index contributed by atoms with van der Waals surface area (Å²) in [4.78, 5) is 13.0. The lowest BCUT2D eigenvalue weighted by Gasteiger charge is -1.98. The first kappa shape index (κ1) is 16.5. The predicted molar refractivity (Wildman–Crippen MR) is 98.5 cm³/mol. The van der Waals surface area contributed by atoms with E-state index in [0.29, 0.717) is 11.3 Å². The maximum atomic E-state index is 11.9. The summed E-state index contributed by atoms with van der Waals surface area (Å²) in [5.41, 5.74) is 3.03. The van der Waals surface area contributed by atoms with E-state index in [1.54, 1.807) is 24.3 Å². The SMILES string of the molecule is O=C(N/N=C\c1cc(Br)c(Sc2ccccc2)o1)c1ccccc1. The van der Waals surface area contributed by atoms with Gasteiger partial charge in [-0.25, -0.2) is 5.43 Å². The summed E-state index contributed by atoms with van der Waals surface area (Å²) in [7, 11) is 0. The third kappa shape index (κ3) is 4.37. The average molecular weight is 401 g/mol. The van der Waals surface area contributed by atoms with E-state index in [-0.39, 0.29) is 5.91 Å². The van der Waals surface area contributed by atoms with Crippen molar-refractivity contribution >= 4 is 39.8 Å². The van der Waals surface area contributed by atoms with Crippen LogP contribution in [0.15, 0.2) is 90.7 Å². The van der Waals surface area contributed by atoms with Gasteiger partial charge in [0, 0.05) is 16.5 Å². The number of halogens is 1. The topological polar surface area (TPSA) is 54.6 Å². The molecule has 0 unspecified atom stereocenters. The molecule has 0 atom stereocenters. The van der Waals surface area contributed by atoms with Crippen LogP contribution in [-0.4, -0.2) is 12.1 Å². The first-order valence-corrected chi connectivity index (χ1v) is 8.74. The van der Waals surface area contributed by atoms with Crippen molar-refractivity contribution in [2.45, 2.75) is 9.99 Å². The number of nitrogens with zero attached hydrogens (tertiary/aromatic N) is 1. The first-order valence-electron chi connectivity index (χ1n) is 7.13. The zero-order valence-corrected chi connectivity index (χ0v) is 14.9. The molecule has 1 heterocycles. The second kappa shape index (κ2) is 7.99. The molecule has 1 amide bonds. The molecule has 0 fully saturated rings. The van der Waals surface area contributed by atoms with Crippen LogP contribution in [0.3, 0.4) is 0 Å². The summed E-state index contributed by atoms with van der Waals surface area (Å²) >= 11 is 4.98. The number of carbonyl (C=O) groups excluding carboxylic acids is 1. The molecule has 4 nitrogen and oxygen atoms in total. The molecular weight excluding hydrogens is 388 g/mol. The van der Waals surface area contributed by atoms with Crippen molar-refractivity contribution in [2.75, 3.05) is 0 Å². The molecule has 1 N–H and O–H groups in total. The molecule has 3 rings (SSSR count). The van der Waals surface area contributed by atoms with Crippen LogP contribution in [0.4, 0.5) is 0 Å². The third-order valence-electron chi connectivity index (χ3n) is 3.02. The third-order valence-corrected chi connectivity index (χ3v) is 4.87. The van der Waals surface area contributed by atoms with Gasteiger partial charge in [0.25, 0.3) is 5.91 Å². The Hall–Kier alpha value is -2.31. The lowest BCUT2D eigenvalue weighted by Crippen LogP contribution is -2.17. The fourth-order valence-electron chi connectivity index (χ4n) is 1.91. The van der Waals surface area contributed by atoms with Gasteiger partial charge in [-0.2, -0.15) is 5.10 Å². The van der Waals surface area contributed by atoms with Gasteiger partial charge in [0.05, 0.1) is 10.7 Å². The maximum Gasteiger partial charge on any atom is 0.271 e. The second-order valence-electron chi connectivity index (χ2n) is 4.76. The second-order valence-corrected chi connectivity index (χ2v) is 6.67. The number of nitrogens with one attached hydrogen (secondary N) is 1. The van der Waals surface area contributed by atoms with Gasteiger partial charge in [0.1, 0.15) is 5.76 Å². The van der Waals surface area contributed by atoms with Gasteiger partial charge in [-0.1, -0.05) is 48.2 Å². The van der Waals surface area contributed by atoms with E-state index in [9.17, 15) is 4.79 Å². The standard InChI is InChI=1S/C18H13BrN2O2S/c19-16-11-14(23-18(16)24-15-9-5-2-6-10-15)12-20-21-17(22)13-7-3-1-4-8-13/h1-12H,(H,21,22)/b20-12-. The molecule has 0 bridgehead atoms. The van der Waals surface area contributed by atoms with Crippen molar-refractivity contribution in [3.8, 4) is 0 Å². The van der Waals surface area contributed by atoms with Crippen LogP contribution < -0.4 is 5.43 Å². The van der Waals surface area contributed by atoms with E-state index in [1.807, 2.05) is 42.5 Å². The van der Waals surface area contributed by atoms with Gasteiger partial charge >= 0.3 is 0 Å². The summed E-state index contributed by atoms with van der Waals surface area (Å²) in [6.07, 6.45) is 1.47. The minimum atomic E-state index is -0.267. The minimum absolute atomic E-state index is 0.267. The Balaban J connectivity index is 1.64. The number of hydrazone groups is 1. The molecule has 0 aliphatic rings. The highest BCUT2D eigenvalue weighted by atomic mass is 79.9. The van der Waals surface area contributed by atoms with Crippen molar-refractivity contribution in [2.24, 2.45) is 5.10 Å². The Morgan fingerprint density at radius 2 is 1.75 bits per heavy atom. The highest BCUT2D eigenvalue weighted by molar-refractivity contribution is 9.10. The van der Waals surface area contributed by atoms with Crippen molar-refractivity contribution < 1.29 is 9.21 Å². The molecule has 24 heavy (non-hydrogen) atoms. The fraction of sp³-hybridized carbons (Fsp3) is 0. The largest absolute Gasteiger partial charge is 0.447 e. The molecular formula is C18H13BrN2O2S. The normalized spacial score (nSPS) is 10.9. The van der Waals surface area contributed by atoms with Gasteiger partial charge in [0.2, 0.25) is 0 Å². The molecule has 0 saturated carbocycles. The molecule has 0 spiro atoms. The summed E-state index contributed by atoms with van der Waals surface area (Å²) in [5, 5.41) is 4.66. The molecule has 0 radical (unpaired) electrons. The highest BCUT2D eigenvalue weighted by Crippen LogP contribution is 2.35. The molecule has 1 aromatic heterocycles. The van der Waals surface area contributed by atoms with Crippen LogP contribution in [0.25, 0.3) is 0 Å². The Bertz CT molecular complexity index is 848. The van der Waals surface area contributed by atoms with Crippen molar-refractivity contribution in [1.29, 1.82) is 0 Å².